The van der Waals surface area contributed by atoms with E-state index in [0.717, 1.165) is 6.42 Å². The molecule has 1 atom stereocenters. The number of rotatable bonds is 6. The molecule has 0 heterocycles. The molecule has 2 rings (SSSR count). The number of hydrogen-bond acceptors (Lipinski definition) is 2. The molecule has 100 valence electrons. The standard InChI is InChI=1S/C14H19ClFNO/c15-12-2-1-3-13(16)11(12)7-14(8-17,9-18)6-10-4-5-10/h1-3,10,18H,4-9,17H2. The normalized spacial score (nSPS) is 18.7. The number of aliphatic hydroxyl groups excluding tert-OH is 1. The van der Waals surface area contributed by atoms with Gasteiger partial charge in [0.1, 0.15) is 5.82 Å². The summed E-state index contributed by atoms with van der Waals surface area (Å²) in [6.07, 6.45) is 3.63. The number of hydrogen-bond donors (Lipinski definition) is 2. The lowest BCUT2D eigenvalue weighted by Gasteiger charge is -2.31. The molecule has 0 spiro atoms. The topological polar surface area (TPSA) is 46.2 Å². The zero-order chi connectivity index (χ0) is 13.2. The minimum absolute atomic E-state index is 0.0232. The lowest BCUT2D eigenvalue weighted by Crippen LogP contribution is -2.37. The van der Waals surface area contributed by atoms with Crippen molar-refractivity contribution in [2.45, 2.75) is 25.7 Å². The number of nitrogens with two attached hydrogens (primary N) is 1. The van der Waals surface area contributed by atoms with Crippen LogP contribution in [0.4, 0.5) is 4.39 Å². The summed E-state index contributed by atoms with van der Waals surface area (Å²) in [7, 11) is 0. The van der Waals surface area contributed by atoms with Gasteiger partial charge in [-0.2, -0.15) is 0 Å². The van der Waals surface area contributed by atoms with E-state index in [1.165, 1.54) is 18.9 Å². The molecule has 1 aliphatic rings. The highest BCUT2D eigenvalue weighted by Crippen LogP contribution is 2.42. The van der Waals surface area contributed by atoms with Crippen molar-refractivity contribution >= 4 is 11.6 Å². The molecule has 1 fully saturated rings. The molecular weight excluding hydrogens is 253 g/mol. The third kappa shape index (κ3) is 3.02. The van der Waals surface area contributed by atoms with E-state index in [9.17, 15) is 9.50 Å². The second-order valence-corrected chi connectivity index (χ2v) is 5.79. The van der Waals surface area contributed by atoms with Gasteiger partial charge in [0, 0.05) is 22.5 Å². The molecule has 0 saturated heterocycles. The van der Waals surface area contributed by atoms with Crippen LogP contribution in [0.3, 0.4) is 0 Å². The quantitative estimate of drug-likeness (QED) is 0.836. The maximum Gasteiger partial charge on any atom is 0.127 e. The van der Waals surface area contributed by atoms with Gasteiger partial charge in [-0.25, -0.2) is 4.39 Å². The van der Waals surface area contributed by atoms with Crippen LogP contribution >= 0.6 is 11.6 Å². The average molecular weight is 272 g/mol. The molecule has 0 amide bonds. The summed E-state index contributed by atoms with van der Waals surface area (Å²) in [5.74, 6) is 0.316. The predicted molar refractivity (Wildman–Crippen MR) is 71.0 cm³/mol. The Balaban J connectivity index is 2.21. The summed E-state index contributed by atoms with van der Waals surface area (Å²) in [5.41, 5.74) is 5.85. The van der Waals surface area contributed by atoms with Crippen LogP contribution in [-0.2, 0) is 6.42 Å². The van der Waals surface area contributed by atoms with Gasteiger partial charge >= 0.3 is 0 Å². The van der Waals surface area contributed by atoms with E-state index in [2.05, 4.69) is 0 Å². The predicted octanol–water partition coefficient (Wildman–Crippen LogP) is 2.76. The molecule has 1 aromatic rings. The van der Waals surface area contributed by atoms with Crippen molar-refractivity contribution in [3.63, 3.8) is 0 Å². The molecule has 0 aliphatic heterocycles. The molecule has 0 bridgehead atoms. The third-order valence-corrected chi connectivity index (χ3v) is 4.15. The minimum Gasteiger partial charge on any atom is -0.396 e. The van der Waals surface area contributed by atoms with Crippen molar-refractivity contribution in [2.75, 3.05) is 13.2 Å². The molecule has 0 radical (unpaired) electrons. The molecule has 1 aliphatic carbocycles. The number of halogens is 2. The van der Waals surface area contributed by atoms with Gasteiger partial charge in [-0.05, 0) is 30.9 Å². The first kappa shape index (κ1) is 13.8. The van der Waals surface area contributed by atoms with E-state index < -0.39 is 5.41 Å². The highest BCUT2D eigenvalue weighted by molar-refractivity contribution is 6.31. The molecule has 1 saturated carbocycles. The molecule has 1 aromatic carbocycles. The van der Waals surface area contributed by atoms with Crippen molar-refractivity contribution in [1.82, 2.24) is 0 Å². The summed E-state index contributed by atoms with van der Waals surface area (Å²) in [4.78, 5) is 0. The van der Waals surface area contributed by atoms with Crippen LogP contribution in [0.2, 0.25) is 5.02 Å². The van der Waals surface area contributed by atoms with E-state index in [1.807, 2.05) is 0 Å². The molecule has 4 heteroatoms. The monoisotopic (exact) mass is 271 g/mol. The zero-order valence-electron chi connectivity index (χ0n) is 10.3. The molecule has 3 N–H and O–H groups in total. The van der Waals surface area contributed by atoms with Crippen LogP contribution in [0.25, 0.3) is 0 Å². The fourth-order valence-corrected chi connectivity index (χ4v) is 2.65. The van der Waals surface area contributed by atoms with Gasteiger partial charge in [0.25, 0.3) is 0 Å². The van der Waals surface area contributed by atoms with Crippen molar-refractivity contribution in [3.8, 4) is 0 Å². The maximum absolute atomic E-state index is 13.8. The first-order valence-electron chi connectivity index (χ1n) is 6.34. The van der Waals surface area contributed by atoms with Crippen molar-refractivity contribution in [1.29, 1.82) is 0 Å². The highest BCUT2D eigenvalue weighted by Gasteiger charge is 2.36. The SMILES string of the molecule is NCC(CO)(Cc1c(F)cccc1Cl)CC1CC1. The Kier molecular flexibility index (Phi) is 4.25. The second kappa shape index (κ2) is 5.55. The summed E-state index contributed by atoms with van der Waals surface area (Å²) < 4.78 is 13.8. The van der Waals surface area contributed by atoms with E-state index in [1.54, 1.807) is 12.1 Å². The van der Waals surface area contributed by atoms with Crippen molar-refractivity contribution in [2.24, 2.45) is 17.1 Å². The molecular formula is C14H19ClFNO. The first-order chi connectivity index (χ1) is 8.60. The highest BCUT2D eigenvalue weighted by atomic mass is 35.5. The van der Waals surface area contributed by atoms with Gasteiger partial charge in [0.2, 0.25) is 0 Å². The van der Waals surface area contributed by atoms with Crippen LogP contribution in [0.15, 0.2) is 18.2 Å². The molecule has 2 nitrogen and oxygen atoms in total. The molecule has 0 aromatic heterocycles. The first-order valence-corrected chi connectivity index (χ1v) is 6.72. The Morgan fingerprint density at radius 1 is 1.44 bits per heavy atom. The van der Waals surface area contributed by atoms with Crippen LogP contribution < -0.4 is 5.73 Å². The van der Waals surface area contributed by atoms with Gasteiger partial charge in [-0.3, -0.25) is 0 Å². The van der Waals surface area contributed by atoms with Gasteiger partial charge in [0.15, 0.2) is 0 Å². The van der Waals surface area contributed by atoms with E-state index in [0.29, 0.717) is 29.5 Å². The fourth-order valence-electron chi connectivity index (χ4n) is 2.42. The Morgan fingerprint density at radius 3 is 2.67 bits per heavy atom. The number of benzene rings is 1. The van der Waals surface area contributed by atoms with Crippen LogP contribution in [0.5, 0.6) is 0 Å². The molecule has 18 heavy (non-hydrogen) atoms. The molecule has 1 unspecified atom stereocenters. The van der Waals surface area contributed by atoms with Crippen LogP contribution in [-0.4, -0.2) is 18.3 Å². The minimum atomic E-state index is -0.438. The van der Waals surface area contributed by atoms with Crippen molar-refractivity contribution < 1.29 is 9.50 Å². The Bertz CT molecular complexity index is 396. The lowest BCUT2D eigenvalue weighted by atomic mass is 9.77. The Labute approximate surface area is 112 Å². The van der Waals surface area contributed by atoms with Crippen molar-refractivity contribution in [3.05, 3.63) is 34.6 Å². The van der Waals surface area contributed by atoms with E-state index in [4.69, 9.17) is 17.3 Å². The van der Waals surface area contributed by atoms with E-state index in [-0.39, 0.29) is 12.4 Å². The second-order valence-electron chi connectivity index (χ2n) is 5.39. The summed E-state index contributed by atoms with van der Waals surface area (Å²) in [5, 5.41) is 10.1. The lowest BCUT2D eigenvalue weighted by molar-refractivity contribution is 0.115. The third-order valence-electron chi connectivity index (χ3n) is 3.80. The van der Waals surface area contributed by atoms with Crippen LogP contribution in [0.1, 0.15) is 24.8 Å². The van der Waals surface area contributed by atoms with Gasteiger partial charge in [0.05, 0.1) is 6.61 Å². The average Bonchev–Trinajstić information content (AvgIpc) is 3.16. The smallest absolute Gasteiger partial charge is 0.127 e. The summed E-state index contributed by atoms with van der Waals surface area (Å²) in [6, 6.07) is 4.66. The van der Waals surface area contributed by atoms with Crippen LogP contribution in [0, 0.1) is 17.2 Å². The Hall–Kier alpha value is -0.640. The van der Waals surface area contributed by atoms with Gasteiger partial charge in [-0.1, -0.05) is 30.5 Å². The summed E-state index contributed by atoms with van der Waals surface area (Å²) in [6.45, 7) is 0.329. The summed E-state index contributed by atoms with van der Waals surface area (Å²) >= 11 is 6.04. The zero-order valence-corrected chi connectivity index (χ0v) is 11.1. The maximum atomic E-state index is 13.8. The number of aliphatic hydroxyl groups is 1. The van der Waals surface area contributed by atoms with Gasteiger partial charge in [-0.15, -0.1) is 0 Å². The fraction of sp³-hybridized carbons (Fsp3) is 0.571. The van der Waals surface area contributed by atoms with E-state index >= 15 is 0 Å². The largest absolute Gasteiger partial charge is 0.396 e. The van der Waals surface area contributed by atoms with Gasteiger partial charge < -0.3 is 10.8 Å². The Morgan fingerprint density at radius 2 is 2.17 bits per heavy atom.